The topological polar surface area (TPSA) is 63.4 Å². The third-order valence-corrected chi connectivity index (χ3v) is 5.54. The van der Waals surface area contributed by atoms with Gasteiger partial charge in [-0.05, 0) is 24.6 Å². The molecule has 1 aromatic carbocycles. The van der Waals surface area contributed by atoms with E-state index in [1.54, 1.807) is 12.1 Å². The van der Waals surface area contributed by atoms with Crippen LogP contribution in [0.1, 0.15) is 6.42 Å². The van der Waals surface area contributed by atoms with Crippen LogP contribution < -0.4 is 5.73 Å². The number of sulfonamides is 1. The van der Waals surface area contributed by atoms with Crippen molar-refractivity contribution >= 4 is 37.6 Å². The fraction of sp³-hybridized carbons (Fsp3) is 0.400. The van der Waals surface area contributed by atoms with Gasteiger partial charge in [0.1, 0.15) is 4.90 Å². The van der Waals surface area contributed by atoms with Crippen molar-refractivity contribution in [2.45, 2.75) is 17.4 Å². The number of nitrogens with two attached hydrogens (primary N) is 1. The predicted octanol–water partition coefficient (Wildman–Crippen LogP) is 1.82. The highest BCUT2D eigenvalue weighted by Crippen LogP contribution is 2.29. The molecule has 1 aliphatic heterocycles. The molecule has 1 saturated heterocycles. The number of halogens is 2. The first-order valence-corrected chi connectivity index (χ1v) is 7.73. The Bertz CT molecular complexity index is 535. The molecule has 0 radical (unpaired) electrons. The lowest BCUT2D eigenvalue weighted by atomic mass is 10.3. The summed E-state index contributed by atoms with van der Waals surface area (Å²) in [6, 6.07) is 4.66. The molecule has 0 spiro atoms. The van der Waals surface area contributed by atoms with Gasteiger partial charge in [0.15, 0.2) is 0 Å². The lowest BCUT2D eigenvalue weighted by Crippen LogP contribution is -2.32. The van der Waals surface area contributed by atoms with Crippen LogP contribution in [0.25, 0.3) is 0 Å². The molecule has 0 aliphatic carbocycles. The largest absolute Gasteiger partial charge is 0.326 e. The first-order valence-electron chi connectivity index (χ1n) is 5.12. The van der Waals surface area contributed by atoms with Crippen LogP contribution in [0.2, 0.25) is 5.02 Å². The summed E-state index contributed by atoms with van der Waals surface area (Å²) in [7, 11) is -3.52. The third-order valence-electron chi connectivity index (χ3n) is 2.70. The van der Waals surface area contributed by atoms with E-state index in [0.29, 0.717) is 19.5 Å². The van der Waals surface area contributed by atoms with Crippen LogP contribution in [0, 0.1) is 0 Å². The summed E-state index contributed by atoms with van der Waals surface area (Å²) in [6.07, 6.45) is 0.688. The molecule has 17 heavy (non-hydrogen) atoms. The van der Waals surface area contributed by atoms with Crippen molar-refractivity contribution in [2.24, 2.45) is 5.73 Å². The summed E-state index contributed by atoms with van der Waals surface area (Å²) >= 11 is 9.20. The summed E-state index contributed by atoms with van der Waals surface area (Å²) in [6.45, 7) is 0.810. The molecule has 1 aromatic rings. The van der Waals surface area contributed by atoms with E-state index in [-0.39, 0.29) is 16.0 Å². The van der Waals surface area contributed by atoms with E-state index in [2.05, 4.69) is 15.9 Å². The van der Waals surface area contributed by atoms with Gasteiger partial charge in [-0.25, -0.2) is 8.42 Å². The van der Waals surface area contributed by atoms with Crippen molar-refractivity contribution < 1.29 is 8.42 Å². The lowest BCUT2D eigenvalue weighted by Gasteiger charge is -2.16. The predicted molar refractivity (Wildman–Crippen MR) is 70.5 cm³/mol. The van der Waals surface area contributed by atoms with Crippen molar-refractivity contribution in [3.63, 3.8) is 0 Å². The van der Waals surface area contributed by atoms with Crippen molar-refractivity contribution in [2.75, 3.05) is 13.1 Å². The fourth-order valence-corrected chi connectivity index (χ4v) is 4.32. The molecule has 94 valence electrons. The molecule has 4 nitrogen and oxygen atoms in total. The second-order valence-electron chi connectivity index (χ2n) is 3.99. The van der Waals surface area contributed by atoms with E-state index in [1.165, 1.54) is 10.4 Å². The quantitative estimate of drug-likeness (QED) is 0.894. The first-order chi connectivity index (χ1) is 7.91. The average Bonchev–Trinajstić information content (AvgIpc) is 2.64. The van der Waals surface area contributed by atoms with Gasteiger partial charge >= 0.3 is 0 Å². The van der Waals surface area contributed by atoms with Gasteiger partial charge in [-0.3, -0.25) is 0 Å². The molecular weight excluding hydrogens is 328 g/mol. The number of hydrogen-bond acceptors (Lipinski definition) is 3. The molecule has 0 amide bonds. The monoisotopic (exact) mass is 338 g/mol. The second kappa shape index (κ2) is 4.85. The maximum absolute atomic E-state index is 12.3. The fourth-order valence-electron chi connectivity index (χ4n) is 1.80. The Balaban J connectivity index is 2.38. The molecule has 2 N–H and O–H groups in total. The molecule has 0 unspecified atom stereocenters. The number of rotatable bonds is 2. The van der Waals surface area contributed by atoms with Crippen LogP contribution in [0.5, 0.6) is 0 Å². The highest BCUT2D eigenvalue weighted by molar-refractivity contribution is 9.10. The summed E-state index contributed by atoms with van der Waals surface area (Å²) in [5.41, 5.74) is 5.72. The summed E-state index contributed by atoms with van der Waals surface area (Å²) in [4.78, 5) is 0.136. The average molecular weight is 340 g/mol. The van der Waals surface area contributed by atoms with Crippen LogP contribution in [0.4, 0.5) is 0 Å². The first kappa shape index (κ1) is 13.3. The molecular formula is C10H12BrClN2O2S. The molecule has 1 atom stereocenters. The van der Waals surface area contributed by atoms with Gasteiger partial charge in [-0.2, -0.15) is 4.31 Å². The second-order valence-corrected chi connectivity index (χ2v) is 7.22. The number of hydrogen-bond donors (Lipinski definition) is 1. The smallest absolute Gasteiger partial charge is 0.244 e. The highest BCUT2D eigenvalue weighted by atomic mass is 79.9. The van der Waals surface area contributed by atoms with Crippen LogP contribution >= 0.6 is 27.5 Å². The Morgan fingerprint density at radius 2 is 2.18 bits per heavy atom. The molecule has 1 heterocycles. The van der Waals surface area contributed by atoms with Crippen molar-refractivity contribution in [1.29, 1.82) is 0 Å². The Hall–Kier alpha value is -0.140. The van der Waals surface area contributed by atoms with E-state index in [4.69, 9.17) is 17.3 Å². The standard InChI is InChI=1S/C10H12BrClN2O2S/c11-7-1-2-10(9(12)5-7)17(15,16)14-4-3-8(13)6-14/h1-2,5,8H,3-4,6,13H2/t8-/m1/s1. The Labute approximate surface area is 114 Å². The Morgan fingerprint density at radius 1 is 1.47 bits per heavy atom. The normalized spacial score (nSPS) is 21.9. The minimum Gasteiger partial charge on any atom is -0.326 e. The minimum atomic E-state index is -3.52. The van der Waals surface area contributed by atoms with E-state index in [9.17, 15) is 8.42 Å². The van der Waals surface area contributed by atoms with Crippen molar-refractivity contribution in [1.82, 2.24) is 4.31 Å². The van der Waals surface area contributed by atoms with Gasteiger partial charge in [-0.15, -0.1) is 0 Å². The zero-order chi connectivity index (χ0) is 12.6. The molecule has 1 fully saturated rings. The molecule has 2 rings (SSSR count). The molecule has 0 bridgehead atoms. The number of benzene rings is 1. The van der Waals surface area contributed by atoms with E-state index in [1.807, 2.05) is 0 Å². The molecule has 7 heteroatoms. The van der Waals surface area contributed by atoms with Crippen LogP contribution in [0.3, 0.4) is 0 Å². The van der Waals surface area contributed by atoms with Gasteiger partial charge < -0.3 is 5.73 Å². The van der Waals surface area contributed by atoms with Crippen molar-refractivity contribution in [3.8, 4) is 0 Å². The maximum Gasteiger partial charge on any atom is 0.244 e. The highest BCUT2D eigenvalue weighted by Gasteiger charge is 2.32. The molecule has 0 aromatic heterocycles. The minimum absolute atomic E-state index is 0.0843. The molecule has 0 saturated carbocycles. The van der Waals surface area contributed by atoms with Crippen LogP contribution in [-0.2, 0) is 10.0 Å². The maximum atomic E-state index is 12.3. The van der Waals surface area contributed by atoms with Crippen LogP contribution in [-0.4, -0.2) is 31.9 Å². The van der Waals surface area contributed by atoms with E-state index >= 15 is 0 Å². The summed E-state index contributed by atoms with van der Waals surface area (Å²) < 4.78 is 26.7. The SMILES string of the molecule is N[C@@H]1CCN(S(=O)(=O)c2ccc(Br)cc2Cl)C1. The van der Waals surface area contributed by atoms with E-state index < -0.39 is 10.0 Å². The lowest BCUT2D eigenvalue weighted by molar-refractivity contribution is 0.472. The Morgan fingerprint density at radius 3 is 2.71 bits per heavy atom. The number of nitrogens with zero attached hydrogens (tertiary/aromatic N) is 1. The van der Waals surface area contributed by atoms with Gasteiger partial charge in [0.2, 0.25) is 10.0 Å². The van der Waals surface area contributed by atoms with Crippen LogP contribution in [0.15, 0.2) is 27.6 Å². The van der Waals surface area contributed by atoms with Gasteiger partial charge in [0.05, 0.1) is 5.02 Å². The third kappa shape index (κ3) is 2.66. The zero-order valence-electron chi connectivity index (χ0n) is 8.94. The zero-order valence-corrected chi connectivity index (χ0v) is 12.1. The van der Waals surface area contributed by atoms with Gasteiger partial charge in [0, 0.05) is 23.6 Å². The summed E-state index contributed by atoms with van der Waals surface area (Å²) in [5.74, 6) is 0. The van der Waals surface area contributed by atoms with E-state index in [0.717, 1.165) is 4.47 Å². The molecule has 1 aliphatic rings. The Kier molecular flexibility index (Phi) is 3.80. The van der Waals surface area contributed by atoms with Gasteiger partial charge in [0.25, 0.3) is 0 Å². The van der Waals surface area contributed by atoms with Crippen molar-refractivity contribution in [3.05, 3.63) is 27.7 Å². The summed E-state index contributed by atoms with van der Waals surface area (Å²) in [5, 5.41) is 0.222. The van der Waals surface area contributed by atoms with Gasteiger partial charge in [-0.1, -0.05) is 27.5 Å².